The van der Waals surface area contributed by atoms with Gasteiger partial charge in [0.15, 0.2) is 0 Å². The van der Waals surface area contributed by atoms with Crippen molar-refractivity contribution in [3.05, 3.63) is 28.8 Å². The number of piperidine rings is 1. The van der Waals surface area contributed by atoms with Gasteiger partial charge in [0, 0.05) is 43.4 Å². The van der Waals surface area contributed by atoms with Crippen LogP contribution in [0, 0.1) is 11.8 Å². The zero-order valence-electron chi connectivity index (χ0n) is 18.5. The molecule has 1 amide bonds. The topological polar surface area (TPSA) is 119 Å². The molecule has 4 aliphatic rings. The summed E-state index contributed by atoms with van der Waals surface area (Å²) < 4.78 is 0. The quantitative estimate of drug-likeness (QED) is 0.404. The number of aliphatic hydroxyl groups is 2. The van der Waals surface area contributed by atoms with Crippen LogP contribution in [0.15, 0.2) is 12.1 Å². The van der Waals surface area contributed by atoms with Gasteiger partial charge in [-0.05, 0) is 86.2 Å². The lowest BCUT2D eigenvalue weighted by molar-refractivity contribution is -0.160. The second kappa shape index (κ2) is 8.12. The van der Waals surface area contributed by atoms with E-state index in [4.69, 9.17) is 5.11 Å². The number of aromatic hydroxyl groups is 1. The summed E-state index contributed by atoms with van der Waals surface area (Å²) in [5, 5.41) is 37.9. The Morgan fingerprint density at radius 2 is 2.09 bits per heavy atom. The maximum absolute atomic E-state index is 13.3. The number of hydrogen-bond acceptors (Lipinski definition) is 6. The number of carbonyl (C=O) groups is 2. The molecule has 0 radical (unpaired) electrons. The molecule has 4 atom stereocenters. The summed E-state index contributed by atoms with van der Waals surface area (Å²) in [7, 11) is 0. The molecule has 5 N–H and O–H groups in total. The van der Waals surface area contributed by atoms with E-state index in [-0.39, 0.29) is 49.4 Å². The van der Waals surface area contributed by atoms with E-state index in [2.05, 4.69) is 10.6 Å². The predicted octanol–water partition coefficient (Wildman–Crippen LogP) is 1.10. The van der Waals surface area contributed by atoms with Crippen molar-refractivity contribution in [2.24, 2.45) is 11.8 Å². The molecule has 0 aromatic heterocycles. The summed E-state index contributed by atoms with van der Waals surface area (Å²) in [4.78, 5) is 25.7. The number of Topliss-reactive ketones (excluding diaryl/α,β-unsaturated/α-hetero) is 1. The van der Waals surface area contributed by atoms with E-state index >= 15 is 0 Å². The minimum Gasteiger partial charge on any atom is -0.508 e. The predicted molar refractivity (Wildman–Crippen MR) is 118 cm³/mol. The number of amides is 1. The van der Waals surface area contributed by atoms with E-state index < -0.39 is 16.9 Å². The van der Waals surface area contributed by atoms with Gasteiger partial charge < -0.3 is 26.0 Å². The Bertz CT molecular complexity index is 929. The number of aliphatic hydroxyl groups excluding tert-OH is 1. The van der Waals surface area contributed by atoms with Crippen molar-refractivity contribution < 1.29 is 24.9 Å². The normalized spacial score (nSPS) is 33.4. The molecule has 1 aromatic carbocycles. The first-order chi connectivity index (χ1) is 15.4. The summed E-state index contributed by atoms with van der Waals surface area (Å²) in [6.07, 6.45) is 5.72. The summed E-state index contributed by atoms with van der Waals surface area (Å²) >= 11 is 0. The van der Waals surface area contributed by atoms with Gasteiger partial charge in [0.05, 0.1) is 5.60 Å². The van der Waals surface area contributed by atoms with Crippen molar-refractivity contribution in [1.29, 1.82) is 0 Å². The fraction of sp³-hybridized carbons (Fsp3) is 0.680. The molecule has 5 rings (SSSR count). The average molecular weight is 443 g/mol. The summed E-state index contributed by atoms with van der Waals surface area (Å²) in [6, 6.07) is 3.49. The van der Waals surface area contributed by atoms with Gasteiger partial charge in [-0.3, -0.25) is 9.59 Å². The summed E-state index contributed by atoms with van der Waals surface area (Å²) in [5.41, 5.74) is 1.47. The van der Waals surface area contributed by atoms with Crippen molar-refractivity contribution in [2.45, 2.75) is 74.8 Å². The first-order valence-corrected chi connectivity index (χ1v) is 12.1. The van der Waals surface area contributed by atoms with Crippen LogP contribution in [0.25, 0.3) is 0 Å². The van der Waals surface area contributed by atoms with Crippen LogP contribution in [0.1, 0.15) is 61.6 Å². The van der Waals surface area contributed by atoms with Gasteiger partial charge in [0.1, 0.15) is 11.5 Å². The zero-order valence-corrected chi connectivity index (χ0v) is 18.5. The van der Waals surface area contributed by atoms with Crippen LogP contribution in [0.3, 0.4) is 0 Å². The average Bonchev–Trinajstić information content (AvgIpc) is 3.54. The first-order valence-electron chi connectivity index (χ1n) is 12.1. The Balaban J connectivity index is 1.47. The molecular formula is C25H34N2O5. The van der Waals surface area contributed by atoms with Crippen LogP contribution in [0.4, 0.5) is 0 Å². The van der Waals surface area contributed by atoms with Crippen molar-refractivity contribution >= 4 is 11.7 Å². The van der Waals surface area contributed by atoms with Crippen molar-refractivity contribution in [3.63, 3.8) is 0 Å². The molecule has 3 aliphatic carbocycles. The SMILES string of the molecule is O=C(C[C@H]1C[C@@]2(O)[C@H]3Cc4c(CC5CC5)cc(O)cc4[C@@]2(CCN3)CC1=O)NCCCO. The Labute approximate surface area is 188 Å². The third-order valence-corrected chi connectivity index (χ3v) is 8.38. The third kappa shape index (κ3) is 3.55. The number of phenols is 1. The molecule has 1 saturated heterocycles. The van der Waals surface area contributed by atoms with Crippen LogP contribution >= 0.6 is 0 Å². The lowest BCUT2D eigenvalue weighted by Crippen LogP contribution is -2.73. The van der Waals surface area contributed by atoms with E-state index in [1.54, 1.807) is 6.07 Å². The van der Waals surface area contributed by atoms with Crippen molar-refractivity contribution in [1.82, 2.24) is 10.6 Å². The summed E-state index contributed by atoms with van der Waals surface area (Å²) in [5.74, 6) is 0.178. The Kier molecular flexibility index (Phi) is 5.55. The Morgan fingerprint density at radius 3 is 2.84 bits per heavy atom. The standard InChI is InChI=1S/C25H34N2O5/c28-7-1-5-27-23(31)10-17-13-25(32)22-12-19-16(8-15-2-3-15)9-18(29)11-20(19)24(25,4-6-26-22)14-21(17)30/h9,11,15,17,22,26,28-29,32H,1-8,10,12-14H2,(H,27,31)/t17-,22+,24+,25+/m0/s1. The van der Waals surface area contributed by atoms with Gasteiger partial charge in [0.25, 0.3) is 0 Å². The molecule has 2 bridgehead atoms. The van der Waals surface area contributed by atoms with E-state index in [0.717, 1.165) is 24.1 Å². The number of nitrogens with one attached hydrogen (secondary N) is 2. The molecule has 2 saturated carbocycles. The monoisotopic (exact) mass is 442 g/mol. The Hall–Kier alpha value is -1.96. The van der Waals surface area contributed by atoms with Crippen LogP contribution in [-0.2, 0) is 27.8 Å². The summed E-state index contributed by atoms with van der Waals surface area (Å²) in [6.45, 7) is 1.11. The molecule has 0 unspecified atom stereocenters. The molecule has 3 fully saturated rings. The molecule has 1 heterocycles. The van der Waals surface area contributed by atoms with Gasteiger partial charge in [-0.1, -0.05) is 0 Å². The fourth-order valence-electron chi connectivity index (χ4n) is 6.58. The van der Waals surface area contributed by atoms with Gasteiger partial charge in [-0.2, -0.15) is 0 Å². The second-order valence-electron chi connectivity index (χ2n) is 10.4. The number of rotatable bonds is 7. The van der Waals surface area contributed by atoms with E-state index in [1.807, 2.05) is 6.07 Å². The number of hydrogen-bond donors (Lipinski definition) is 5. The van der Waals surface area contributed by atoms with E-state index in [0.29, 0.717) is 31.7 Å². The molecule has 7 heteroatoms. The number of benzene rings is 1. The minimum atomic E-state index is -1.13. The highest BCUT2D eigenvalue weighted by atomic mass is 16.3. The van der Waals surface area contributed by atoms with Crippen LogP contribution in [0.2, 0.25) is 0 Å². The number of fused-ring (bicyclic) bond motifs is 1. The van der Waals surface area contributed by atoms with Gasteiger partial charge in [-0.25, -0.2) is 0 Å². The molecule has 1 aromatic rings. The smallest absolute Gasteiger partial charge is 0.220 e. The number of phenolic OH excluding ortho intramolecular Hbond substituents is 1. The highest BCUT2D eigenvalue weighted by molar-refractivity contribution is 5.89. The maximum Gasteiger partial charge on any atom is 0.220 e. The van der Waals surface area contributed by atoms with Crippen LogP contribution in [-0.4, -0.2) is 58.3 Å². The highest BCUT2D eigenvalue weighted by Gasteiger charge is 2.65. The number of ketones is 1. The van der Waals surface area contributed by atoms with Crippen LogP contribution < -0.4 is 10.6 Å². The lowest BCUT2D eigenvalue weighted by Gasteiger charge is -2.62. The van der Waals surface area contributed by atoms with E-state index in [1.165, 1.54) is 18.4 Å². The fourth-order valence-corrected chi connectivity index (χ4v) is 6.58. The first kappa shape index (κ1) is 21.9. The highest BCUT2D eigenvalue weighted by Crippen LogP contribution is 2.58. The van der Waals surface area contributed by atoms with Gasteiger partial charge >= 0.3 is 0 Å². The lowest BCUT2D eigenvalue weighted by atomic mass is 9.47. The molecule has 174 valence electrons. The van der Waals surface area contributed by atoms with Gasteiger partial charge in [0.2, 0.25) is 5.91 Å². The van der Waals surface area contributed by atoms with Crippen molar-refractivity contribution in [2.75, 3.05) is 19.7 Å². The largest absolute Gasteiger partial charge is 0.508 e. The molecule has 1 aliphatic heterocycles. The molecule has 7 nitrogen and oxygen atoms in total. The molecule has 32 heavy (non-hydrogen) atoms. The second-order valence-corrected chi connectivity index (χ2v) is 10.4. The zero-order chi connectivity index (χ0) is 22.5. The molecule has 0 spiro atoms. The minimum absolute atomic E-state index is 0.00719. The van der Waals surface area contributed by atoms with E-state index in [9.17, 15) is 19.8 Å². The van der Waals surface area contributed by atoms with Crippen molar-refractivity contribution in [3.8, 4) is 5.75 Å². The Morgan fingerprint density at radius 1 is 1.28 bits per heavy atom. The number of carbonyl (C=O) groups excluding carboxylic acids is 2. The maximum atomic E-state index is 13.3. The van der Waals surface area contributed by atoms with Crippen LogP contribution in [0.5, 0.6) is 5.75 Å². The third-order valence-electron chi connectivity index (χ3n) is 8.38. The molecular weight excluding hydrogens is 408 g/mol. The van der Waals surface area contributed by atoms with Gasteiger partial charge in [-0.15, -0.1) is 0 Å².